The van der Waals surface area contributed by atoms with Gasteiger partial charge in [-0.1, -0.05) is 133 Å². The highest BCUT2D eigenvalue weighted by atomic mass is 15.2. The summed E-state index contributed by atoms with van der Waals surface area (Å²) in [5.41, 5.74) is 8.59. The molecule has 4 nitrogen and oxygen atoms in total. The first kappa shape index (κ1) is 27.2. The summed E-state index contributed by atoms with van der Waals surface area (Å²) >= 11 is 0. The molecule has 0 aliphatic rings. The van der Waals surface area contributed by atoms with E-state index in [1.807, 2.05) is 0 Å². The van der Waals surface area contributed by atoms with Crippen LogP contribution in [0.25, 0.3) is 99.0 Å². The molecule has 3 heterocycles. The van der Waals surface area contributed by atoms with E-state index in [1.54, 1.807) is 0 Å². The molecule has 0 aliphatic carbocycles. The third kappa shape index (κ3) is 3.81. The summed E-state index contributed by atoms with van der Waals surface area (Å²) in [4.78, 5) is 10.7. The molecule has 0 aliphatic heterocycles. The molecular weight excluding hydrogens is 609 g/mol. The molecule has 0 fully saturated rings. The highest BCUT2D eigenvalue weighted by Gasteiger charge is 2.21. The van der Waals surface area contributed by atoms with Crippen molar-refractivity contribution in [3.63, 3.8) is 0 Å². The average molecular weight is 637 g/mol. The van der Waals surface area contributed by atoms with Gasteiger partial charge in [0.15, 0.2) is 0 Å². The van der Waals surface area contributed by atoms with E-state index in [0.29, 0.717) is 5.95 Å². The Labute approximate surface area is 287 Å². The van der Waals surface area contributed by atoms with Crippen LogP contribution in [0.4, 0.5) is 0 Å². The SMILES string of the molecule is c1ccc2c(-c3nc(-n4c5ccccc5c5cc6c7ccccc7n(-c7cccc8ccccc78)c6cc54)nc4ccccc34)cccc2c1. The van der Waals surface area contributed by atoms with Crippen molar-refractivity contribution in [3.05, 3.63) is 170 Å². The zero-order valence-electron chi connectivity index (χ0n) is 27.0. The minimum absolute atomic E-state index is 0.657. The number of hydrogen-bond acceptors (Lipinski definition) is 2. The van der Waals surface area contributed by atoms with E-state index in [0.717, 1.165) is 44.4 Å². The fourth-order valence-electron chi connectivity index (χ4n) is 8.11. The van der Waals surface area contributed by atoms with Gasteiger partial charge in [0, 0.05) is 37.9 Å². The Balaban J connectivity index is 1.28. The molecule has 11 aromatic rings. The van der Waals surface area contributed by atoms with Gasteiger partial charge in [-0.25, -0.2) is 9.97 Å². The van der Waals surface area contributed by atoms with Gasteiger partial charge in [0.2, 0.25) is 5.95 Å². The van der Waals surface area contributed by atoms with Crippen LogP contribution in [0.5, 0.6) is 0 Å². The molecule has 50 heavy (non-hydrogen) atoms. The van der Waals surface area contributed by atoms with Crippen molar-refractivity contribution < 1.29 is 0 Å². The predicted octanol–water partition coefficient (Wildman–Crippen LogP) is 11.8. The summed E-state index contributed by atoms with van der Waals surface area (Å²) in [6.07, 6.45) is 0. The molecule has 0 saturated heterocycles. The van der Waals surface area contributed by atoms with E-state index in [4.69, 9.17) is 9.97 Å². The van der Waals surface area contributed by atoms with E-state index >= 15 is 0 Å². The van der Waals surface area contributed by atoms with Gasteiger partial charge in [-0.05, 0) is 52.6 Å². The summed E-state index contributed by atoms with van der Waals surface area (Å²) in [6, 6.07) is 60.7. The van der Waals surface area contributed by atoms with Gasteiger partial charge in [0.1, 0.15) is 0 Å². The molecule has 232 valence electrons. The lowest BCUT2D eigenvalue weighted by molar-refractivity contribution is 1.01. The fourth-order valence-corrected chi connectivity index (χ4v) is 8.11. The summed E-state index contributed by atoms with van der Waals surface area (Å²) in [5.74, 6) is 0.657. The molecule has 0 spiro atoms. The van der Waals surface area contributed by atoms with Crippen molar-refractivity contribution in [2.75, 3.05) is 0 Å². The number of fused-ring (bicyclic) bond motifs is 9. The van der Waals surface area contributed by atoms with Crippen molar-refractivity contribution in [3.8, 4) is 22.9 Å². The normalized spacial score (nSPS) is 12.0. The lowest BCUT2D eigenvalue weighted by Gasteiger charge is -2.14. The summed E-state index contributed by atoms with van der Waals surface area (Å²) < 4.78 is 4.69. The van der Waals surface area contributed by atoms with Gasteiger partial charge in [-0.15, -0.1) is 0 Å². The Bertz CT molecular complexity index is 3150. The van der Waals surface area contributed by atoms with Gasteiger partial charge in [-0.3, -0.25) is 4.57 Å². The Hall–Kier alpha value is -6.78. The van der Waals surface area contributed by atoms with Crippen molar-refractivity contribution in [2.45, 2.75) is 0 Å². The second-order valence-electron chi connectivity index (χ2n) is 13.0. The Kier molecular flexibility index (Phi) is 5.63. The van der Waals surface area contributed by atoms with Gasteiger partial charge in [0.25, 0.3) is 0 Å². The van der Waals surface area contributed by atoms with Gasteiger partial charge < -0.3 is 4.57 Å². The van der Waals surface area contributed by atoms with E-state index in [9.17, 15) is 0 Å². The number of aromatic nitrogens is 4. The van der Waals surface area contributed by atoms with Crippen LogP contribution in [0.2, 0.25) is 0 Å². The maximum Gasteiger partial charge on any atom is 0.235 e. The van der Waals surface area contributed by atoms with Gasteiger partial charge >= 0.3 is 0 Å². The van der Waals surface area contributed by atoms with Crippen molar-refractivity contribution in [2.24, 2.45) is 0 Å². The Morgan fingerprint density at radius 1 is 0.340 bits per heavy atom. The fraction of sp³-hybridized carbons (Fsp3) is 0. The summed E-state index contributed by atoms with van der Waals surface area (Å²) in [5, 5.41) is 10.6. The molecule has 0 atom stereocenters. The first-order valence-electron chi connectivity index (χ1n) is 17.0. The highest BCUT2D eigenvalue weighted by molar-refractivity contribution is 6.19. The third-order valence-electron chi connectivity index (χ3n) is 10.3. The molecule has 0 saturated carbocycles. The van der Waals surface area contributed by atoms with Crippen LogP contribution < -0.4 is 0 Å². The minimum atomic E-state index is 0.657. The van der Waals surface area contributed by atoms with E-state index < -0.39 is 0 Å². The average Bonchev–Trinajstić information content (AvgIpc) is 3.68. The largest absolute Gasteiger partial charge is 0.309 e. The van der Waals surface area contributed by atoms with E-state index in [2.05, 4.69) is 179 Å². The van der Waals surface area contributed by atoms with Crippen molar-refractivity contribution >= 4 is 76.1 Å². The van der Waals surface area contributed by atoms with Crippen molar-refractivity contribution in [1.82, 2.24) is 19.1 Å². The molecule has 0 unspecified atom stereocenters. The van der Waals surface area contributed by atoms with Crippen LogP contribution in [0.3, 0.4) is 0 Å². The predicted molar refractivity (Wildman–Crippen MR) is 209 cm³/mol. The number of nitrogens with zero attached hydrogens (tertiary/aromatic N) is 4. The second kappa shape index (κ2) is 10.4. The lowest BCUT2D eigenvalue weighted by atomic mass is 9.99. The zero-order valence-corrected chi connectivity index (χ0v) is 27.0. The maximum absolute atomic E-state index is 5.45. The monoisotopic (exact) mass is 636 g/mol. The van der Waals surface area contributed by atoms with Crippen LogP contribution in [-0.2, 0) is 0 Å². The van der Waals surface area contributed by atoms with Crippen LogP contribution >= 0.6 is 0 Å². The minimum Gasteiger partial charge on any atom is -0.309 e. The maximum atomic E-state index is 5.45. The molecule has 0 radical (unpaired) electrons. The van der Waals surface area contributed by atoms with Crippen LogP contribution in [0.15, 0.2) is 170 Å². The third-order valence-corrected chi connectivity index (χ3v) is 10.3. The molecule has 0 amide bonds. The Morgan fingerprint density at radius 3 is 1.64 bits per heavy atom. The molecule has 8 aromatic carbocycles. The molecule has 3 aromatic heterocycles. The summed E-state index contributed by atoms with van der Waals surface area (Å²) in [6.45, 7) is 0. The number of para-hydroxylation sites is 3. The van der Waals surface area contributed by atoms with Gasteiger partial charge in [0.05, 0.1) is 39.0 Å². The van der Waals surface area contributed by atoms with Crippen LogP contribution in [0, 0.1) is 0 Å². The highest BCUT2D eigenvalue weighted by Crippen LogP contribution is 2.41. The standard InChI is InChI=1S/C46H28N4/c1-3-17-31-29(13-1)15-11-22-35(31)45-36-21-5-8-23-39(36)47-46(48-45)50-42-25-10-7-20-34(42)38-27-37-33-19-6-9-24-41(33)49(43(37)28-44(38)50)40-26-12-16-30-14-2-4-18-32(30)40/h1-28H. The number of benzene rings is 8. The number of rotatable bonds is 3. The smallest absolute Gasteiger partial charge is 0.235 e. The number of hydrogen-bond donors (Lipinski definition) is 0. The zero-order chi connectivity index (χ0) is 32.8. The van der Waals surface area contributed by atoms with Crippen molar-refractivity contribution in [1.29, 1.82) is 0 Å². The van der Waals surface area contributed by atoms with Gasteiger partial charge in [-0.2, -0.15) is 0 Å². The van der Waals surface area contributed by atoms with Crippen LogP contribution in [-0.4, -0.2) is 19.1 Å². The lowest BCUT2D eigenvalue weighted by Crippen LogP contribution is -2.04. The summed E-state index contributed by atoms with van der Waals surface area (Å²) in [7, 11) is 0. The molecule has 11 rings (SSSR count). The first-order chi connectivity index (χ1) is 24.8. The van der Waals surface area contributed by atoms with Crippen LogP contribution in [0.1, 0.15) is 0 Å². The Morgan fingerprint density at radius 2 is 0.880 bits per heavy atom. The quantitative estimate of drug-likeness (QED) is 0.193. The first-order valence-corrected chi connectivity index (χ1v) is 17.0. The molecular formula is C46H28N4. The van der Waals surface area contributed by atoms with E-state index in [1.165, 1.54) is 48.6 Å². The molecule has 0 N–H and O–H groups in total. The topological polar surface area (TPSA) is 35.6 Å². The molecule has 4 heteroatoms. The molecule has 0 bridgehead atoms. The second-order valence-corrected chi connectivity index (χ2v) is 13.0. The van der Waals surface area contributed by atoms with E-state index in [-0.39, 0.29) is 0 Å².